The van der Waals surface area contributed by atoms with Gasteiger partial charge in [0, 0.05) is 0 Å². The van der Waals surface area contributed by atoms with Crippen LogP contribution < -0.4 is 0 Å². The number of rotatable bonds is 3. The summed E-state index contributed by atoms with van der Waals surface area (Å²) in [7, 11) is 0. The average Bonchev–Trinajstić information content (AvgIpc) is 2.81. The number of carbonyl (C=O) groups excluding carboxylic acids is 1. The van der Waals surface area contributed by atoms with Crippen LogP contribution in [0.4, 0.5) is 0 Å². The number of esters is 1. The second-order valence-corrected chi connectivity index (χ2v) is 4.93. The fourth-order valence-corrected chi connectivity index (χ4v) is 1.82. The quantitative estimate of drug-likeness (QED) is 0.802. The van der Waals surface area contributed by atoms with Gasteiger partial charge in [-0.15, -0.1) is 0 Å². The van der Waals surface area contributed by atoms with Gasteiger partial charge in [0.15, 0.2) is 10.5 Å². The molecule has 0 saturated carbocycles. The Balaban J connectivity index is 1.81. The molecular formula is C11H13BrO5. The molecule has 6 heteroatoms. The van der Waals surface area contributed by atoms with E-state index in [4.69, 9.17) is 18.6 Å². The number of halogens is 1. The van der Waals surface area contributed by atoms with Gasteiger partial charge < -0.3 is 18.6 Å². The molecule has 0 radical (unpaired) electrons. The summed E-state index contributed by atoms with van der Waals surface area (Å²) in [5, 5.41) is 0. The van der Waals surface area contributed by atoms with Crippen LogP contribution in [-0.2, 0) is 14.2 Å². The highest BCUT2D eigenvalue weighted by molar-refractivity contribution is 9.10. The zero-order chi connectivity index (χ0) is 12.5. The maximum Gasteiger partial charge on any atom is 0.374 e. The maximum atomic E-state index is 11.5. The summed E-state index contributed by atoms with van der Waals surface area (Å²) in [5.74, 6) is -0.954. The van der Waals surface area contributed by atoms with E-state index in [1.54, 1.807) is 12.1 Å². The van der Waals surface area contributed by atoms with E-state index in [9.17, 15) is 4.79 Å². The molecule has 0 aliphatic carbocycles. The summed E-state index contributed by atoms with van der Waals surface area (Å²) < 4.78 is 21.5. The lowest BCUT2D eigenvalue weighted by molar-refractivity contribution is -0.142. The van der Waals surface area contributed by atoms with Crippen LogP contribution in [-0.4, -0.2) is 31.1 Å². The average molecular weight is 305 g/mol. The molecule has 0 amide bonds. The summed E-state index contributed by atoms with van der Waals surface area (Å²) in [4.78, 5) is 11.5. The summed E-state index contributed by atoms with van der Waals surface area (Å²) in [6.07, 6.45) is -0.229. The molecule has 2 rings (SSSR count). The number of carbonyl (C=O) groups is 1. The van der Waals surface area contributed by atoms with Gasteiger partial charge in [0.2, 0.25) is 5.76 Å². The molecular weight excluding hydrogens is 292 g/mol. The van der Waals surface area contributed by atoms with Crippen LogP contribution in [0.5, 0.6) is 0 Å². The van der Waals surface area contributed by atoms with E-state index < -0.39 is 11.8 Å². The van der Waals surface area contributed by atoms with Crippen molar-refractivity contribution in [3.63, 3.8) is 0 Å². The Hall–Kier alpha value is -0.850. The predicted octanol–water partition coefficient (Wildman–Crippen LogP) is 2.35. The molecule has 1 fully saturated rings. The predicted molar refractivity (Wildman–Crippen MR) is 61.6 cm³/mol. The lowest BCUT2D eigenvalue weighted by Gasteiger charge is -2.16. The first-order chi connectivity index (χ1) is 7.96. The highest BCUT2D eigenvalue weighted by atomic mass is 79.9. The minimum absolute atomic E-state index is 0.153. The van der Waals surface area contributed by atoms with Gasteiger partial charge in [0.1, 0.15) is 12.7 Å². The SMILES string of the molecule is CC1(C)OCC(COC(=O)c2ccc(Br)o2)O1. The van der Waals surface area contributed by atoms with Crippen molar-refractivity contribution >= 4 is 21.9 Å². The molecule has 1 unspecified atom stereocenters. The minimum Gasteiger partial charge on any atom is -0.457 e. The molecule has 94 valence electrons. The van der Waals surface area contributed by atoms with Gasteiger partial charge in [-0.1, -0.05) is 0 Å². The molecule has 0 N–H and O–H groups in total. The van der Waals surface area contributed by atoms with Crippen molar-refractivity contribution in [2.45, 2.75) is 25.7 Å². The first-order valence-corrected chi connectivity index (χ1v) is 6.00. The molecule has 17 heavy (non-hydrogen) atoms. The Kier molecular flexibility index (Phi) is 3.56. The topological polar surface area (TPSA) is 57.9 Å². The summed E-state index contributed by atoms with van der Waals surface area (Å²) in [6.45, 7) is 4.21. The van der Waals surface area contributed by atoms with Crippen LogP contribution in [0.2, 0.25) is 0 Å². The largest absolute Gasteiger partial charge is 0.457 e. The minimum atomic E-state index is -0.606. The van der Waals surface area contributed by atoms with Crippen LogP contribution >= 0.6 is 15.9 Å². The number of hydrogen-bond donors (Lipinski definition) is 0. The van der Waals surface area contributed by atoms with E-state index in [1.807, 2.05) is 13.8 Å². The molecule has 1 atom stereocenters. The van der Waals surface area contributed by atoms with Gasteiger partial charge in [-0.25, -0.2) is 4.79 Å². The van der Waals surface area contributed by atoms with Crippen molar-refractivity contribution in [3.8, 4) is 0 Å². The van der Waals surface area contributed by atoms with E-state index in [0.29, 0.717) is 11.3 Å². The third-order valence-electron chi connectivity index (χ3n) is 2.24. The Morgan fingerprint density at radius 3 is 2.88 bits per heavy atom. The number of hydrogen-bond acceptors (Lipinski definition) is 5. The Bertz CT molecular complexity index is 412. The lowest BCUT2D eigenvalue weighted by Crippen LogP contribution is -2.25. The highest BCUT2D eigenvalue weighted by Gasteiger charge is 2.33. The van der Waals surface area contributed by atoms with E-state index in [1.165, 1.54) is 0 Å². The monoisotopic (exact) mass is 304 g/mol. The zero-order valence-electron chi connectivity index (χ0n) is 9.57. The Morgan fingerprint density at radius 2 is 2.35 bits per heavy atom. The highest BCUT2D eigenvalue weighted by Crippen LogP contribution is 2.22. The first-order valence-electron chi connectivity index (χ1n) is 5.20. The normalized spacial score (nSPS) is 22.6. The molecule has 1 aromatic rings. The molecule has 1 aromatic heterocycles. The Labute approximate surface area is 107 Å². The van der Waals surface area contributed by atoms with Gasteiger partial charge in [-0.2, -0.15) is 0 Å². The van der Waals surface area contributed by atoms with Gasteiger partial charge in [0.05, 0.1) is 6.61 Å². The van der Waals surface area contributed by atoms with Gasteiger partial charge in [-0.3, -0.25) is 0 Å². The first kappa shape index (κ1) is 12.6. The molecule has 2 heterocycles. The van der Waals surface area contributed by atoms with Gasteiger partial charge in [0.25, 0.3) is 0 Å². The number of ether oxygens (including phenoxy) is 3. The van der Waals surface area contributed by atoms with Crippen molar-refractivity contribution in [2.24, 2.45) is 0 Å². The third-order valence-corrected chi connectivity index (χ3v) is 2.67. The fraction of sp³-hybridized carbons (Fsp3) is 0.545. The van der Waals surface area contributed by atoms with Crippen LogP contribution in [0.15, 0.2) is 21.2 Å². The van der Waals surface area contributed by atoms with Crippen molar-refractivity contribution in [3.05, 3.63) is 22.6 Å². The maximum absolute atomic E-state index is 11.5. The Morgan fingerprint density at radius 1 is 1.59 bits per heavy atom. The molecule has 0 spiro atoms. The molecule has 5 nitrogen and oxygen atoms in total. The van der Waals surface area contributed by atoms with Gasteiger partial charge in [-0.05, 0) is 41.9 Å². The molecule has 1 aliphatic heterocycles. The lowest BCUT2D eigenvalue weighted by atomic mass is 10.4. The van der Waals surface area contributed by atoms with Crippen molar-refractivity contribution < 1.29 is 23.4 Å². The third kappa shape index (κ3) is 3.31. The van der Waals surface area contributed by atoms with Crippen LogP contribution in [0.1, 0.15) is 24.4 Å². The van der Waals surface area contributed by atoms with E-state index >= 15 is 0 Å². The van der Waals surface area contributed by atoms with E-state index in [0.717, 1.165) is 0 Å². The van der Waals surface area contributed by atoms with Crippen LogP contribution in [0, 0.1) is 0 Å². The molecule has 1 saturated heterocycles. The summed E-state index contributed by atoms with van der Waals surface area (Å²) in [5.41, 5.74) is 0. The van der Waals surface area contributed by atoms with Crippen molar-refractivity contribution in [1.29, 1.82) is 0 Å². The van der Waals surface area contributed by atoms with Gasteiger partial charge >= 0.3 is 5.97 Å². The van der Waals surface area contributed by atoms with E-state index in [-0.39, 0.29) is 18.5 Å². The van der Waals surface area contributed by atoms with Crippen molar-refractivity contribution in [2.75, 3.05) is 13.2 Å². The molecule has 0 bridgehead atoms. The second kappa shape index (κ2) is 4.80. The fourth-order valence-electron chi connectivity index (χ4n) is 1.51. The zero-order valence-corrected chi connectivity index (χ0v) is 11.2. The summed E-state index contributed by atoms with van der Waals surface area (Å²) >= 11 is 3.11. The van der Waals surface area contributed by atoms with Crippen LogP contribution in [0.25, 0.3) is 0 Å². The second-order valence-electron chi connectivity index (χ2n) is 4.15. The van der Waals surface area contributed by atoms with Crippen LogP contribution in [0.3, 0.4) is 0 Å². The van der Waals surface area contributed by atoms with E-state index in [2.05, 4.69) is 15.9 Å². The molecule has 1 aliphatic rings. The standard InChI is InChI=1S/C11H13BrO5/c1-11(2)15-6-7(17-11)5-14-10(13)8-3-4-9(12)16-8/h3-4,7H,5-6H2,1-2H3. The smallest absolute Gasteiger partial charge is 0.374 e. The van der Waals surface area contributed by atoms with Crippen molar-refractivity contribution in [1.82, 2.24) is 0 Å². The summed E-state index contributed by atoms with van der Waals surface area (Å²) in [6, 6.07) is 3.18. The number of furan rings is 1. The molecule has 0 aromatic carbocycles.